The molecule has 80 valence electrons. The van der Waals surface area contributed by atoms with Gasteiger partial charge in [0.2, 0.25) is 5.91 Å². The number of hydrogen-bond donors (Lipinski definition) is 0. The number of fused-ring (bicyclic) bond motifs is 1. The Hall–Kier alpha value is -1.38. The van der Waals surface area contributed by atoms with Crippen LogP contribution in [0.3, 0.4) is 0 Å². The fourth-order valence-corrected chi connectivity index (χ4v) is 2.13. The van der Waals surface area contributed by atoms with E-state index in [-0.39, 0.29) is 11.7 Å². The number of benzene rings is 1. The van der Waals surface area contributed by atoms with Gasteiger partial charge in [0, 0.05) is 19.2 Å². The van der Waals surface area contributed by atoms with Crippen molar-refractivity contribution in [2.45, 2.75) is 20.3 Å². The van der Waals surface area contributed by atoms with Crippen molar-refractivity contribution >= 4 is 11.6 Å². The normalized spacial score (nSPS) is 19.9. The van der Waals surface area contributed by atoms with Crippen LogP contribution in [0.1, 0.15) is 19.4 Å². The molecule has 3 heteroatoms. The largest absolute Gasteiger partial charge is 0.312 e. The number of carbonyl (C=O) groups excluding carboxylic acids is 1. The molecule has 0 unspecified atom stereocenters. The molecule has 1 aliphatic rings. The highest BCUT2D eigenvalue weighted by molar-refractivity contribution is 5.92. The van der Waals surface area contributed by atoms with E-state index in [9.17, 15) is 9.18 Å². The zero-order chi connectivity index (χ0) is 11.0. The predicted octanol–water partition coefficient (Wildman–Crippen LogP) is 2.37. The van der Waals surface area contributed by atoms with Crippen molar-refractivity contribution in [1.29, 1.82) is 0 Å². The second kappa shape index (κ2) is 3.65. The van der Waals surface area contributed by atoms with Crippen molar-refractivity contribution in [3.8, 4) is 0 Å². The second-order valence-electron chi connectivity index (χ2n) is 4.21. The van der Waals surface area contributed by atoms with E-state index in [1.807, 2.05) is 0 Å². The molecule has 0 aliphatic carbocycles. The van der Waals surface area contributed by atoms with Crippen molar-refractivity contribution in [1.82, 2.24) is 0 Å². The van der Waals surface area contributed by atoms with Crippen LogP contribution in [0.25, 0.3) is 0 Å². The van der Waals surface area contributed by atoms with Crippen molar-refractivity contribution in [3.05, 3.63) is 29.6 Å². The maximum atomic E-state index is 13.0. The Labute approximate surface area is 88.7 Å². The van der Waals surface area contributed by atoms with E-state index in [0.717, 1.165) is 24.2 Å². The first-order valence-electron chi connectivity index (χ1n) is 5.14. The molecule has 0 radical (unpaired) electrons. The van der Waals surface area contributed by atoms with Crippen molar-refractivity contribution in [3.63, 3.8) is 0 Å². The molecule has 0 bridgehead atoms. The van der Waals surface area contributed by atoms with Gasteiger partial charge in [-0.25, -0.2) is 4.39 Å². The molecule has 2 nitrogen and oxygen atoms in total. The van der Waals surface area contributed by atoms with Crippen LogP contribution in [0, 0.1) is 11.7 Å². The Morgan fingerprint density at radius 3 is 2.93 bits per heavy atom. The molecule has 0 spiro atoms. The van der Waals surface area contributed by atoms with Crippen LogP contribution in [0.5, 0.6) is 0 Å². The molecule has 0 saturated heterocycles. The average Bonchev–Trinajstić information content (AvgIpc) is 2.15. The molecular weight excluding hydrogens is 193 g/mol. The van der Waals surface area contributed by atoms with Crippen LogP contribution in [0.4, 0.5) is 10.1 Å². The highest BCUT2D eigenvalue weighted by Gasteiger charge is 2.24. The van der Waals surface area contributed by atoms with E-state index >= 15 is 0 Å². The molecular formula is C12H14FNO. The third kappa shape index (κ3) is 1.87. The summed E-state index contributed by atoms with van der Waals surface area (Å²) in [5.74, 6) is 0.184. The lowest BCUT2D eigenvalue weighted by Crippen LogP contribution is -2.37. The number of anilines is 1. The Bertz CT molecular complexity index is 403. The monoisotopic (exact) mass is 207 g/mol. The van der Waals surface area contributed by atoms with Gasteiger partial charge in [-0.3, -0.25) is 4.79 Å². The number of carbonyl (C=O) groups is 1. The molecule has 1 aromatic carbocycles. The summed E-state index contributed by atoms with van der Waals surface area (Å²) in [5.41, 5.74) is 1.80. The van der Waals surface area contributed by atoms with E-state index in [1.165, 1.54) is 12.1 Å². The van der Waals surface area contributed by atoms with Crippen LogP contribution in [0.15, 0.2) is 18.2 Å². The number of rotatable bonds is 0. The fourth-order valence-electron chi connectivity index (χ4n) is 2.13. The Morgan fingerprint density at radius 1 is 1.53 bits per heavy atom. The van der Waals surface area contributed by atoms with Gasteiger partial charge in [0.1, 0.15) is 5.82 Å². The summed E-state index contributed by atoms with van der Waals surface area (Å²) >= 11 is 0. The minimum absolute atomic E-state index is 0.0226. The smallest absolute Gasteiger partial charge is 0.223 e. The van der Waals surface area contributed by atoms with Crippen LogP contribution in [-0.4, -0.2) is 12.5 Å². The van der Waals surface area contributed by atoms with Crippen molar-refractivity contribution < 1.29 is 9.18 Å². The summed E-state index contributed by atoms with van der Waals surface area (Å²) < 4.78 is 13.0. The molecule has 15 heavy (non-hydrogen) atoms. The number of nitrogens with zero attached hydrogens (tertiary/aromatic N) is 1. The SMILES string of the molecule is CC(=O)N1C[C@H](C)Cc2cc(F)ccc21. The number of amides is 1. The van der Waals surface area contributed by atoms with E-state index in [1.54, 1.807) is 17.9 Å². The summed E-state index contributed by atoms with van der Waals surface area (Å²) in [5, 5.41) is 0. The van der Waals surface area contributed by atoms with Gasteiger partial charge in [-0.15, -0.1) is 0 Å². The van der Waals surface area contributed by atoms with E-state index in [0.29, 0.717) is 5.92 Å². The quantitative estimate of drug-likeness (QED) is 0.639. The zero-order valence-electron chi connectivity index (χ0n) is 8.96. The Balaban J connectivity index is 2.46. The van der Waals surface area contributed by atoms with Crippen LogP contribution in [-0.2, 0) is 11.2 Å². The third-order valence-corrected chi connectivity index (χ3v) is 2.78. The number of halogens is 1. The van der Waals surface area contributed by atoms with Gasteiger partial charge in [0.25, 0.3) is 0 Å². The first kappa shape index (κ1) is 10.1. The molecule has 0 N–H and O–H groups in total. The van der Waals surface area contributed by atoms with Crippen molar-refractivity contribution in [2.24, 2.45) is 5.92 Å². The maximum Gasteiger partial charge on any atom is 0.223 e. The van der Waals surface area contributed by atoms with E-state index in [2.05, 4.69) is 6.92 Å². The first-order valence-corrected chi connectivity index (χ1v) is 5.14. The molecule has 0 aromatic heterocycles. The molecule has 1 amide bonds. The minimum Gasteiger partial charge on any atom is -0.312 e. The van der Waals surface area contributed by atoms with Gasteiger partial charge in [-0.05, 0) is 36.1 Å². The van der Waals surface area contributed by atoms with Gasteiger partial charge in [-0.1, -0.05) is 6.92 Å². The summed E-state index contributed by atoms with van der Waals surface area (Å²) in [7, 11) is 0. The van der Waals surface area contributed by atoms with Gasteiger partial charge in [-0.2, -0.15) is 0 Å². The Morgan fingerprint density at radius 2 is 2.27 bits per heavy atom. The molecule has 1 aromatic rings. The van der Waals surface area contributed by atoms with Crippen LogP contribution in [0.2, 0.25) is 0 Å². The topological polar surface area (TPSA) is 20.3 Å². The molecule has 2 rings (SSSR count). The first-order chi connectivity index (χ1) is 7.08. The van der Waals surface area contributed by atoms with Gasteiger partial charge < -0.3 is 4.90 Å². The van der Waals surface area contributed by atoms with Crippen LogP contribution >= 0.6 is 0 Å². The highest BCUT2D eigenvalue weighted by Crippen LogP contribution is 2.30. The summed E-state index contributed by atoms with van der Waals surface area (Å²) in [4.78, 5) is 13.1. The molecule has 0 fully saturated rings. The second-order valence-corrected chi connectivity index (χ2v) is 4.21. The Kier molecular flexibility index (Phi) is 2.47. The predicted molar refractivity (Wildman–Crippen MR) is 57.3 cm³/mol. The maximum absolute atomic E-state index is 13.0. The molecule has 1 aliphatic heterocycles. The summed E-state index contributed by atoms with van der Waals surface area (Å²) in [6.07, 6.45) is 0.844. The molecule has 0 saturated carbocycles. The third-order valence-electron chi connectivity index (χ3n) is 2.78. The van der Waals surface area contributed by atoms with Crippen LogP contribution < -0.4 is 4.90 Å². The minimum atomic E-state index is -0.230. The summed E-state index contributed by atoms with van der Waals surface area (Å²) in [6, 6.07) is 4.63. The lowest BCUT2D eigenvalue weighted by molar-refractivity contribution is -0.116. The standard InChI is InChI=1S/C12H14FNO/c1-8-5-10-6-11(13)3-4-12(10)14(7-8)9(2)15/h3-4,6,8H,5,7H2,1-2H3/t8-/m1/s1. The number of hydrogen-bond acceptors (Lipinski definition) is 1. The lowest BCUT2D eigenvalue weighted by atomic mass is 9.94. The van der Waals surface area contributed by atoms with Gasteiger partial charge >= 0.3 is 0 Å². The molecule has 1 atom stereocenters. The molecule has 1 heterocycles. The van der Waals surface area contributed by atoms with E-state index < -0.39 is 0 Å². The van der Waals surface area contributed by atoms with Gasteiger partial charge in [0.15, 0.2) is 0 Å². The van der Waals surface area contributed by atoms with Crippen molar-refractivity contribution in [2.75, 3.05) is 11.4 Å². The fraction of sp³-hybridized carbons (Fsp3) is 0.417. The van der Waals surface area contributed by atoms with Gasteiger partial charge in [0.05, 0.1) is 0 Å². The lowest BCUT2D eigenvalue weighted by Gasteiger charge is -2.32. The summed E-state index contributed by atoms with van der Waals surface area (Å²) in [6.45, 7) is 4.35. The zero-order valence-corrected chi connectivity index (χ0v) is 8.96. The highest BCUT2D eigenvalue weighted by atomic mass is 19.1. The van der Waals surface area contributed by atoms with E-state index in [4.69, 9.17) is 0 Å². The average molecular weight is 207 g/mol.